The van der Waals surface area contributed by atoms with E-state index in [0.29, 0.717) is 25.2 Å². The number of aliphatic hydroxyl groups excluding tert-OH is 1. The maximum Gasteiger partial charge on any atom is 0.249 e. The standard InChI is InChI=1S/C13H11NO.C8H17NO3S/c14-13(15)12-9-5-4-8-11(12)10-6-2-1-3-7-10;1-6(2)13(11)9-7-5-12-4-3-8(7)10/h1-9H,(H2,14,15);6-10H,3-5H2,1-2H3/t;7?,8-,13?/m.1/s1. The predicted molar refractivity (Wildman–Crippen MR) is 112 cm³/mol. The lowest BCUT2D eigenvalue weighted by Gasteiger charge is -2.28. The van der Waals surface area contributed by atoms with Gasteiger partial charge in [-0.25, -0.2) is 8.93 Å². The van der Waals surface area contributed by atoms with E-state index in [9.17, 15) is 14.1 Å². The molecule has 6 nitrogen and oxygen atoms in total. The summed E-state index contributed by atoms with van der Waals surface area (Å²) < 4.78 is 19.4. The summed E-state index contributed by atoms with van der Waals surface area (Å²) in [6.45, 7) is 4.78. The van der Waals surface area contributed by atoms with Gasteiger partial charge in [0.15, 0.2) is 0 Å². The molecule has 0 aromatic heterocycles. The normalized spacial score (nSPS) is 20.1. The largest absolute Gasteiger partial charge is 0.391 e. The summed E-state index contributed by atoms with van der Waals surface area (Å²) in [6.07, 6.45) is 0.184. The zero-order chi connectivity index (χ0) is 20.5. The van der Waals surface area contributed by atoms with Crippen LogP contribution in [0, 0.1) is 0 Å². The number of carbonyl (C=O) groups is 1. The number of ether oxygens (including phenoxy) is 1. The molecule has 7 heteroatoms. The van der Waals surface area contributed by atoms with Crippen molar-refractivity contribution in [2.24, 2.45) is 5.73 Å². The van der Waals surface area contributed by atoms with Gasteiger partial charge in [-0.2, -0.15) is 0 Å². The zero-order valence-electron chi connectivity index (χ0n) is 16.2. The molecule has 1 heterocycles. The van der Waals surface area contributed by atoms with Gasteiger partial charge in [0, 0.05) is 17.4 Å². The van der Waals surface area contributed by atoms with E-state index in [1.807, 2.05) is 62.4 Å². The van der Waals surface area contributed by atoms with E-state index in [2.05, 4.69) is 4.72 Å². The van der Waals surface area contributed by atoms with Crippen molar-refractivity contribution in [3.8, 4) is 11.1 Å². The van der Waals surface area contributed by atoms with Gasteiger partial charge >= 0.3 is 0 Å². The molecule has 2 aromatic carbocycles. The second-order valence-corrected chi connectivity index (χ2v) is 8.55. The van der Waals surface area contributed by atoms with Gasteiger partial charge in [0.2, 0.25) is 5.91 Å². The summed E-state index contributed by atoms with van der Waals surface area (Å²) in [5.74, 6) is -0.394. The van der Waals surface area contributed by atoms with Crippen LogP contribution in [0.25, 0.3) is 11.1 Å². The molecule has 28 heavy (non-hydrogen) atoms. The number of hydrogen-bond donors (Lipinski definition) is 3. The predicted octanol–water partition coefficient (Wildman–Crippen LogP) is 2.25. The second kappa shape index (κ2) is 11.1. The lowest BCUT2D eigenvalue weighted by Crippen LogP contribution is -2.48. The summed E-state index contributed by atoms with van der Waals surface area (Å²) in [5.41, 5.74) is 7.76. The number of primary amides is 1. The molecule has 4 N–H and O–H groups in total. The second-order valence-electron chi connectivity index (χ2n) is 6.78. The Balaban J connectivity index is 0.000000203. The fourth-order valence-corrected chi connectivity index (χ4v) is 3.49. The molecule has 0 spiro atoms. The molecule has 3 rings (SSSR count). The topological polar surface area (TPSA) is 102 Å². The molecule has 0 bridgehead atoms. The number of nitrogens with one attached hydrogen (secondary N) is 1. The Hall–Kier alpha value is -2.06. The molecule has 0 radical (unpaired) electrons. The fourth-order valence-electron chi connectivity index (χ4n) is 2.69. The Bertz CT molecular complexity index is 783. The van der Waals surface area contributed by atoms with Gasteiger partial charge in [-0.15, -0.1) is 0 Å². The van der Waals surface area contributed by atoms with Gasteiger partial charge in [-0.05, 0) is 37.5 Å². The highest BCUT2D eigenvalue weighted by Gasteiger charge is 2.25. The van der Waals surface area contributed by atoms with Crippen molar-refractivity contribution in [3.05, 3.63) is 60.2 Å². The number of carbonyl (C=O) groups excluding carboxylic acids is 1. The van der Waals surface area contributed by atoms with E-state index < -0.39 is 23.0 Å². The van der Waals surface area contributed by atoms with Crippen molar-refractivity contribution >= 4 is 16.9 Å². The van der Waals surface area contributed by atoms with Crippen molar-refractivity contribution < 1.29 is 18.8 Å². The highest BCUT2D eigenvalue weighted by molar-refractivity contribution is 7.83. The summed E-state index contributed by atoms with van der Waals surface area (Å²) >= 11 is 0. The Morgan fingerprint density at radius 3 is 2.43 bits per heavy atom. The smallest absolute Gasteiger partial charge is 0.249 e. The van der Waals surface area contributed by atoms with Crippen LogP contribution in [0.15, 0.2) is 54.6 Å². The Labute approximate surface area is 168 Å². The highest BCUT2D eigenvalue weighted by atomic mass is 32.2. The van der Waals surface area contributed by atoms with Crippen molar-refractivity contribution in [1.29, 1.82) is 0 Å². The number of benzene rings is 2. The average molecular weight is 405 g/mol. The van der Waals surface area contributed by atoms with E-state index in [1.54, 1.807) is 6.07 Å². The first kappa shape index (κ1) is 22.2. The first-order valence-corrected chi connectivity index (χ1v) is 10.5. The first-order valence-electron chi connectivity index (χ1n) is 9.27. The van der Waals surface area contributed by atoms with E-state index in [0.717, 1.165) is 11.1 Å². The number of amides is 1. The minimum absolute atomic E-state index is 0.0640. The van der Waals surface area contributed by atoms with Gasteiger partial charge in [-0.3, -0.25) is 4.79 Å². The van der Waals surface area contributed by atoms with Crippen LogP contribution in [-0.4, -0.2) is 45.8 Å². The summed E-state index contributed by atoms with van der Waals surface area (Å²) in [6, 6.07) is 16.9. The third-order valence-corrected chi connectivity index (χ3v) is 5.68. The minimum Gasteiger partial charge on any atom is -0.391 e. The zero-order valence-corrected chi connectivity index (χ0v) is 17.0. The number of hydrogen-bond acceptors (Lipinski definition) is 4. The third kappa shape index (κ3) is 6.53. The first-order chi connectivity index (χ1) is 13.4. The van der Waals surface area contributed by atoms with Crippen molar-refractivity contribution in [1.82, 2.24) is 4.72 Å². The van der Waals surface area contributed by atoms with Crippen LogP contribution in [0.2, 0.25) is 0 Å². The van der Waals surface area contributed by atoms with Crippen molar-refractivity contribution in [2.75, 3.05) is 13.2 Å². The van der Waals surface area contributed by atoms with Crippen LogP contribution in [0.3, 0.4) is 0 Å². The van der Waals surface area contributed by atoms with Gasteiger partial charge in [0.1, 0.15) is 0 Å². The van der Waals surface area contributed by atoms with Crippen LogP contribution >= 0.6 is 0 Å². The van der Waals surface area contributed by atoms with Crippen LogP contribution in [0.1, 0.15) is 30.6 Å². The molecule has 0 aliphatic carbocycles. The summed E-state index contributed by atoms with van der Waals surface area (Å²) in [4.78, 5) is 11.2. The molecule has 2 unspecified atom stereocenters. The van der Waals surface area contributed by atoms with Gasteiger partial charge in [-0.1, -0.05) is 48.5 Å². The summed E-state index contributed by atoms with van der Waals surface area (Å²) in [5, 5.41) is 9.59. The molecule has 2 aromatic rings. The summed E-state index contributed by atoms with van der Waals surface area (Å²) in [7, 11) is -1.08. The average Bonchev–Trinajstić information content (AvgIpc) is 2.70. The quantitative estimate of drug-likeness (QED) is 0.711. The molecular weight excluding hydrogens is 376 g/mol. The Morgan fingerprint density at radius 2 is 1.82 bits per heavy atom. The molecule has 1 aliphatic rings. The number of rotatable bonds is 5. The third-order valence-electron chi connectivity index (χ3n) is 4.29. The fraction of sp³-hybridized carbons (Fsp3) is 0.381. The Morgan fingerprint density at radius 1 is 1.18 bits per heavy atom. The maximum absolute atomic E-state index is 11.4. The minimum atomic E-state index is -1.08. The van der Waals surface area contributed by atoms with Crippen LogP contribution in [0.4, 0.5) is 0 Å². The Kier molecular flexibility index (Phi) is 8.79. The van der Waals surface area contributed by atoms with E-state index >= 15 is 0 Å². The van der Waals surface area contributed by atoms with Crippen LogP contribution in [-0.2, 0) is 15.7 Å². The SMILES string of the molecule is CC(C)S(=O)NC1COCC[C@H]1O.NC(=O)c1ccccc1-c1ccccc1. The molecule has 1 aliphatic heterocycles. The number of aliphatic hydroxyl groups is 1. The molecule has 1 amide bonds. The van der Waals surface area contributed by atoms with E-state index in [1.165, 1.54) is 0 Å². The van der Waals surface area contributed by atoms with Crippen LogP contribution < -0.4 is 10.5 Å². The van der Waals surface area contributed by atoms with Gasteiger partial charge in [0.25, 0.3) is 0 Å². The van der Waals surface area contributed by atoms with E-state index in [4.69, 9.17) is 10.5 Å². The monoisotopic (exact) mass is 404 g/mol. The maximum atomic E-state index is 11.4. The van der Waals surface area contributed by atoms with Crippen molar-refractivity contribution in [2.45, 2.75) is 37.7 Å². The van der Waals surface area contributed by atoms with Crippen molar-refractivity contribution in [3.63, 3.8) is 0 Å². The lowest BCUT2D eigenvalue weighted by atomic mass is 9.99. The lowest BCUT2D eigenvalue weighted by molar-refractivity contribution is -0.00803. The van der Waals surface area contributed by atoms with Gasteiger partial charge in [0.05, 0.1) is 29.7 Å². The molecule has 152 valence electrons. The molecule has 3 atom stereocenters. The molecular formula is C21H28N2O4S. The molecule has 0 saturated carbocycles. The highest BCUT2D eigenvalue weighted by Crippen LogP contribution is 2.22. The van der Waals surface area contributed by atoms with Crippen LogP contribution in [0.5, 0.6) is 0 Å². The molecule has 1 saturated heterocycles. The van der Waals surface area contributed by atoms with E-state index in [-0.39, 0.29) is 11.3 Å². The molecule has 1 fully saturated rings. The number of nitrogens with two attached hydrogens (primary N) is 1. The van der Waals surface area contributed by atoms with Gasteiger partial charge < -0.3 is 15.6 Å².